The van der Waals surface area contributed by atoms with Crippen molar-refractivity contribution in [3.8, 4) is 5.75 Å². The Bertz CT molecular complexity index is 632. The number of carboxylic acids is 1. The van der Waals surface area contributed by atoms with E-state index in [-0.39, 0.29) is 12.2 Å². The highest BCUT2D eigenvalue weighted by Crippen LogP contribution is 2.23. The van der Waals surface area contributed by atoms with Crippen LogP contribution >= 0.6 is 0 Å². The van der Waals surface area contributed by atoms with Crippen molar-refractivity contribution in [2.75, 3.05) is 7.11 Å². The van der Waals surface area contributed by atoms with E-state index in [0.29, 0.717) is 22.4 Å². The number of hydrogen-bond acceptors (Lipinski definition) is 3. The number of ether oxygens (including phenoxy) is 1. The molecule has 102 valence electrons. The fourth-order valence-electron chi connectivity index (χ4n) is 1.96. The first-order valence-electron chi connectivity index (χ1n) is 6.10. The summed E-state index contributed by atoms with van der Waals surface area (Å²) in [6.07, 6.45) is -0.126. The number of benzene rings is 2. The minimum Gasteiger partial charge on any atom is -0.496 e. The number of methoxy groups -OCH3 is 1. The number of ketones is 1. The van der Waals surface area contributed by atoms with E-state index in [1.54, 1.807) is 42.5 Å². The number of aliphatic carboxylic acids is 1. The Morgan fingerprint density at radius 1 is 1.10 bits per heavy atom. The van der Waals surface area contributed by atoms with Crippen molar-refractivity contribution in [1.29, 1.82) is 0 Å². The quantitative estimate of drug-likeness (QED) is 0.848. The molecule has 20 heavy (non-hydrogen) atoms. The molecule has 0 saturated carbocycles. The van der Waals surface area contributed by atoms with E-state index in [0.717, 1.165) is 0 Å². The Morgan fingerprint density at radius 3 is 2.40 bits per heavy atom. The highest BCUT2D eigenvalue weighted by atomic mass is 16.5. The Hall–Kier alpha value is -2.62. The Balaban J connectivity index is 2.43. The van der Waals surface area contributed by atoms with Gasteiger partial charge in [-0.3, -0.25) is 9.59 Å². The van der Waals surface area contributed by atoms with Gasteiger partial charge in [0.2, 0.25) is 0 Å². The van der Waals surface area contributed by atoms with Crippen LogP contribution in [0.1, 0.15) is 21.5 Å². The molecule has 0 aliphatic heterocycles. The zero-order valence-corrected chi connectivity index (χ0v) is 11.0. The van der Waals surface area contributed by atoms with Crippen molar-refractivity contribution in [3.05, 3.63) is 65.2 Å². The standard InChI is InChI=1S/C16H14O4/c1-20-14-8-7-11(10-15(17)18)9-13(14)16(19)12-5-3-2-4-6-12/h2-9H,10H2,1H3,(H,17,18). The molecule has 0 bridgehead atoms. The number of carbonyl (C=O) groups is 2. The van der Waals surface area contributed by atoms with Crippen molar-refractivity contribution in [3.63, 3.8) is 0 Å². The monoisotopic (exact) mass is 270 g/mol. The van der Waals surface area contributed by atoms with E-state index in [1.165, 1.54) is 7.11 Å². The van der Waals surface area contributed by atoms with Crippen LogP contribution in [0.5, 0.6) is 5.75 Å². The van der Waals surface area contributed by atoms with Crippen LogP contribution in [0.25, 0.3) is 0 Å². The van der Waals surface area contributed by atoms with Gasteiger partial charge in [0.15, 0.2) is 5.78 Å². The lowest BCUT2D eigenvalue weighted by Gasteiger charge is -2.09. The molecule has 0 heterocycles. The average Bonchev–Trinajstić information content (AvgIpc) is 2.46. The van der Waals surface area contributed by atoms with Gasteiger partial charge < -0.3 is 9.84 Å². The van der Waals surface area contributed by atoms with Crippen LogP contribution in [-0.2, 0) is 11.2 Å². The summed E-state index contributed by atoms with van der Waals surface area (Å²) in [5.41, 5.74) is 1.48. The zero-order valence-electron chi connectivity index (χ0n) is 11.0. The fourth-order valence-corrected chi connectivity index (χ4v) is 1.96. The van der Waals surface area contributed by atoms with E-state index in [2.05, 4.69) is 0 Å². The van der Waals surface area contributed by atoms with Gasteiger partial charge in [0, 0.05) is 5.56 Å². The van der Waals surface area contributed by atoms with Gasteiger partial charge in [0.25, 0.3) is 0 Å². The lowest BCUT2D eigenvalue weighted by Crippen LogP contribution is -2.06. The molecule has 2 aromatic carbocycles. The van der Waals surface area contributed by atoms with Gasteiger partial charge in [-0.15, -0.1) is 0 Å². The van der Waals surface area contributed by atoms with Crippen molar-refractivity contribution in [1.82, 2.24) is 0 Å². The molecule has 2 rings (SSSR count). The van der Waals surface area contributed by atoms with E-state index in [4.69, 9.17) is 9.84 Å². The van der Waals surface area contributed by atoms with E-state index in [1.807, 2.05) is 6.07 Å². The molecule has 4 heteroatoms. The van der Waals surface area contributed by atoms with Crippen LogP contribution in [0, 0.1) is 0 Å². The predicted molar refractivity (Wildman–Crippen MR) is 74.2 cm³/mol. The largest absolute Gasteiger partial charge is 0.496 e. The molecule has 0 saturated heterocycles. The molecule has 0 aromatic heterocycles. The van der Waals surface area contributed by atoms with E-state index >= 15 is 0 Å². The third kappa shape index (κ3) is 3.03. The summed E-state index contributed by atoms with van der Waals surface area (Å²) in [5.74, 6) is -0.684. The molecular formula is C16H14O4. The number of hydrogen-bond donors (Lipinski definition) is 1. The summed E-state index contributed by atoms with van der Waals surface area (Å²) in [7, 11) is 1.48. The average molecular weight is 270 g/mol. The molecule has 0 aliphatic rings. The normalized spacial score (nSPS) is 10.1. The maximum absolute atomic E-state index is 12.4. The SMILES string of the molecule is COc1ccc(CC(=O)O)cc1C(=O)c1ccccc1. The van der Waals surface area contributed by atoms with Crippen molar-refractivity contribution < 1.29 is 19.4 Å². The van der Waals surface area contributed by atoms with E-state index in [9.17, 15) is 9.59 Å². The van der Waals surface area contributed by atoms with Crippen LogP contribution in [0.3, 0.4) is 0 Å². The summed E-state index contributed by atoms with van der Waals surface area (Å²) in [6.45, 7) is 0. The summed E-state index contributed by atoms with van der Waals surface area (Å²) >= 11 is 0. The Morgan fingerprint density at radius 2 is 1.80 bits per heavy atom. The van der Waals surface area contributed by atoms with Gasteiger partial charge in [-0.2, -0.15) is 0 Å². The highest BCUT2D eigenvalue weighted by Gasteiger charge is 2.15. The molecule has 0 unspecified atom stereocenters. The minimum atomic E-state index is -0.937. The Kier molecular flexibility index (Phi) is 4.15. The van der Waals surface area contributed by atoms with Crippen LogP contribution in [0.4, 0.5) is 0 Å². The predicted octanol–water partition coefficient (Wildman–Crippen LogP) is 2.55. The van der Waals surface area contributed by atoms with Gasteiger partial charge in [-0.1, -0.05) is 36.4 Å². The second-order valence-electron chi connectivity index (χ2n) is 4.30. The molecule has 4 nitrogen and oxygen atoms in total. The molecule has 2 aromatic rings. The molecule has 1 N–H and O–H groups in total. The van der Waals surface area contributed by atoms with Crippen LogP contribution < -0.4 is 4.74 Å². The van der Waals surface area contributed by atoms with Gasteiger partial charge >= 0.3 is 5.97 Å². The van der Waals surface area contributed by atoms with Crippen LogP contribution in [0.15, 0.2) is 48.5 Å². The molecule has 0 aliphatic carbocycles. The fraction of sp³-hybridized carbons (Fsp3) is 0.125. The van der Waals surface area contributed by atoms with Gasteiger partial charge in [0.05, 0.1) is 19.1 Å². The summed E-state index contributed by atoms with van der Waals surface area (Å²) in [5, 5.41) is 8.82. The number of carbonyl (C=O) groups excluding carboxylic acids is 1. The highest BCUT2D eigenvalue weighted by molar-refractivity contribution is 6.10. The second-order valence-corrected chi connectivity index (χ2v) is 4.30. The maximum Gasteiger partial charge on any atom is 0.307 e. The van der Waals surface area contributed by atoms with Gasteiger partial charge in [-0.05, 0) is 17.7 Å². The van der Waals surface area contributed by atoms with Gasteiger partial charge in [-0.25, -0.2) is 0 Å². The van der Waals surface area contributed by atoms with Crippen LogP contribution in [0.2, 0.25) is 0 Å². The van der Waals surface area contributed by atoms with Crippen molar-refractivity contribution in [2.24, 2.45) is 0 Å². The minimum absolute atomic E-state index is 0.126. The van der Waals surface area contributed by atoms with Gasteiger partial charge in [0.1, 0.15) is 5.75 Å². The lowest BCUT2D eigenvalue weighted by molar-refractivity contribution is -0.136. The topological polar surface area (TPSA) is 63.6 Å². The Labute approximate surface area is 116 Å². The molecule has 0 atom stereocenters. The first-order chi connectivity index (χ1) is 9.61. The van der Waals surface area contributed by atoms with Crippen LogP contribution in [-0.4, -0.2) is 24.0 Å². The number of rotatable bonds is 5. The lowest BCUT2D eigenvalue weighted by atomic mass is 9.99. The third-order valence-electron chi connectivity index (χ3n) is 2.90. The first kappa shape index (κ1) is 13.8. The number of carboxylic acid groups (broad SMARTS) is 1. The molecule has 0 fully saturated rings. The maximum atomic E-state index is 12.4. The van der Waals surface area contributed by atoms with Crippen molar-refractivity contribution >= 4 is 11.8 Å². The molecular weight excluding hydrogens is 256 g/mol. The van der Waals surface area contributed by atoms with Crippen molar-refractivity contribution in [2.45, 2.75) is 6.42 Å². The smallest absolute Gasteiger partial charge is 0.307 e. The summed E-state index contributed by atoms with van der Waals surface area (Å²) in [4.78, 5) is 23.2. The first-order valence-corrected chi connectivity index (χ1v) is 6.10. The third-order valence-corrected chi connectivity index (χ3v) is 2.90. The summed E-state index contributed by atoms with van der Waals surface area (Å²) < 4.78 is 5.18. The summed E-state index contributed by atoms with van der Waals surface area (Å²) in [6, 6.07) is 13.7. The van der Waals surface area contributed by atoms with E-state index < -0.39 is 5.97 Å². The molecule has 0 spiro atoms. The molecule has 0 amide bonds. The second kappa shape index (κ2) is 6.02. The zero-order chi connectivity index (χ0) is 14.5. The molecule has 0 radical (unpaired) electrons.